The summed E-state index contributed by atoms with van der Waals surface area (Å²) in [5.74, 6) is -0.909. The van der Waals surface area contributed by atoms with Crippen LogP contribution >= 0.6 is 23.4 Å². The summed E-state index contributed by atoms with van der Waals surface area (Å²) >= 11 is 7.92. The minimum absolute atomic E-state index is 0.0273. The Balaban J connectivity index is 1.54. The van der Waals surface area contributed by atoms with Gasteiger partial charge in [-0.15, -0.1) is 11.8 Å². The molecule has 1 heterocycles. The second kappa shape index (κ2) is 13.7. The number of aromatic carboxylic acids is 1. The zero-order chi connectivity index (χ0) is 27.8. The van der Waals surface area contributed by atoms with Crippen molar-refractivity contribution in [3.63, 3.8) is 0 Å². The molecular weight excluding hydrogens is 528 g/mol. The van der Waals surface area contributed by atoms with Gasteiger partial charge in [0, 0.05) is 27.8 Å². The highest BCUT2D eigenvalue weighted by Crippen LogP contribution is 2.38. The number of aldehydes is 1. The van der Waals surface area contributed by atoms with E-state index >= 15 is 0 Å². The highest BCUT2D eigenvalue weighted by molar-refractivity contribution is 8.00. The van der Waals surface area contributed by atoms with Crippen LogP contribution in [0, 0.1) is 0 Å². The van der Waals surface area contributed by atoms with Gasteiger partial charge in [-0.25, -0.2) is 4.79 Å². The van der Waals surface area contributed by atoms with Crippen molar-refractivity contribution in [3.05, 3.63) is 112 Å². The molecule has 1 N–H and O–H groups in total. The highest BCUT2D eigenvalue weighted by Gasteiger charge is 2.22. The fourth-order valence-corrected chi connectivity index (χ4v) is 6.24. The maximum atomic E-state index is 11.7. The van der Waals surface area contributed by atoms with Crippen molar-refractivity contribution in [2.75, 3.05) is 14.1 Å². The van der Waals surface area contributed by atoms with Gasteiger partial charge in [0.2, 0.25) is 0 Å². The molecule has 202 valence electrons. The number of carboxylic acid groups (broad SMARTS) is 1. The first-order valence-corrected chi connectivity index (χ1v) is 14.4. The van der Waals surface area contributed by atoms with Crippen LogP contribution in [0.5, 0.6) is 0 Å². The Hall–Kier alpha value is -3.19. The highest BCUT2D eigenvalue weighted by atomic mass is 35.5. The zero-order valence-electron chi connectivity index (χ0n) is 22.2. The zero-order valence-corrected chi connectivity index (χ0v) is 23.8. The molecule has 4 rings (SSSR count). The molecule has 0 amide bonds. The number of carboxylic acids is 1. The number of fused-ring (bicyclic) bond motifs is 1. The Kier molecular flexibility index (Phi) is 10.2. The third-order valence-electron chi connectivity index (χ3n) is 6.82. The lowest BCUT2D eigenvalue weighted by Gasteiger charge is -2.28. The first kappa shape index (κ1) is 28.8. The molecule has 0 aliphatic rings. The van der Waals surface area contributed by atoms with Gasteiger partial charge in [0.1, 0.15) is 6.29 Å². The van der Waals surface area contributed by atoms with Gasteiger partial charge in [-0.2, -0.15) is 0 Å². The summed E-state index contributed by atoms with van der Waals surface area (Å²) in [6.45, 7) is 0. The van der Waals surface area contributed by atoms with Gasteiger partial charge in [0.15, 0.2) is 0 Å². The van der Waals surface area contributed by atoms with Crippen molar-refractivity contribution in [2.24, 2.45) is 0 Å². The normalized spacial score (nSPS) is 12.9. The Morgan fingerprint density at radius 1 is 1.00 bits per heavy atom. The van der Waals surface area contributed by atoms with Crippen molar-refractivity contribution in [1.29, 1.82) is 0 Å². The molecule has 0 aliphatic heterocycles. The average Bonchev–Trinajstić information content (AvgIpc) is 2.93. The van der Waals surface area contributed by atoms with Crippen LogP contribution in [0.15, 0.2) is 78.9 Å². The smallest absolute Gasteiger partial charge is 0.335 e. The Morgan fingerprint density at radius 2 is 1.79 bits per heavy atom. The quantitative estimate of drug-likeness (QED) is 0.137. The number of aromatic nitrogens is 1. The van der Waals surface area contributed by atoms with E-state index in [9.17, 15) is 14.7 Å². The van der Waals surface area contributed by atoms with E-state index in [1.54, 1.807) is 23.9 Å². The van der Waals surface area contributed by atoms with Crippen molar-refractivity contribution in [3.8, 4) is 0 Å². The fraction of sp³-hybridized carbons (Fsp3) is 0.281. The van der Waals surface area contributed by atoms with Crippen LogP contribution in [0.2, 0.25) is 5.02 Å². The summed E-state index contributed by atoms with van der Waals surface area (Å²) in [6.07, 6.45) is 4.44. The molecule has 5 nitrogen and oxygen atoms in total. The molecule has 0 aliphatic carbocycles. The van der Waals surface area contributed by atoms with E-state index in [0.29, 0.717) is 23.4 Å². The Labute approximate surface area is 239 Å². The second-order valence-electron chi connectivity index (χ2n) is 9.83. The largest absolute Gasteiger partial charge is 0.478 e. The molecule has 7 heteroatoms. The molecule has 39 heavy (non-hydrogen) atoms. The number of hydrogen-bond acceptors (Lipinski definition) is 5. The number of nitrogens with zero attached hydrogens (tertiary/aromatic N) is 2. The molecular formula is C32H33ClN2O3S. The maximum Gasteiger partial charge on any atom is 0.335 e. The minimum atomic E-state index is -0.909. The molecule has 0 saturated carbocycles. The number of rotatable bonds is 13. The molecule has 3 aromatic carbocycles. The van der Waals surface area contributed by atoms with Gasteiger partial charge >= 0.3 is 5.97 Å². The number of benzene rings is 3. The van der Waals surface area contributed by atoms with Crippen molar-refractivity contribution < 1.29 is 14.7 Å². The summed E-state index contributed by atoms with van der Waals surface area (Å²) in [5.41, 5.74) is 5.49. The lowest BCUT2D eigenvalue weighted by atomic mass is 9.97. The van der Waals surface area contributed by atoms with E-state index in [4.69, 9.17) is 16.6 Å². The number of pyridine rings is 1. The van der Waals surface area contributed by atoms with Crippen LogP contribution in [0.1, 0.15) is 50.8 Å². The van der Waals surface area contributed by atoms with Gasteiger partial charge in [0.05, 0.1) is 16.5 Å². The number of thioether (sulfide) groups is 1. The van der Waals surface area contributed by atoms with E-state index in [1.165, 1.54) is 11.1 Å². The van der Waals surface area contributed by atoms with Gasteiger partial charge in [-0.3, -0.25) is 9.88 Å². The number of hydrogen-bond donors (Lipinski definition) is 1. The third kappa shape index (κ3) is 7.91. The molecule has 0 spiro atoms. The van der Waals surface area contributed by atoms with Crippen LogP contribution in [-0.4, -0.2) is 46.7 Å². The van der Waals surface area contributed by atoms with Crippen LogP contribution in [0.25, 0.3) is 10.9 Å². The third-order valence-corrected chi connectivity index (χ3v) is 8.82. The Morgan fingerprint density at radius 3 is 2.56 bits per heavy atom. The van der Waals surface area contributed by atoms with Crippen LogP contribution in [0.4, 0.5) is 0 Å². The fourth-order valence-electron chi connectivity index (χ4n) is 4.70. The van der Waals surface area contributed by atoms with Crippen LogP contribution in [0.3, 0.4) is 0 Å². The monoisotopic (exact) mass is 560 g/mol. The standard InChI is InChI=1S/C32H33ClN2O3S/c1-35(2)31(18-19-36)39-30(17-13-23-7-3-4-9-28(23)32(37)38)25-8-5-6-22(20-25)10-15-27-16-12-24-11-14-26(33)21-29(24)34-27/h3-9,11-12,14,16,19-21,30-31H,10,13,15,17-18H2,1-2H3,(H,37,38). The number of aryl methyl sites for hydroxylation is 3. The summed E-state index contributed by atoms with van der Waals surface area (Å²) in [5, 5.41) is 11.5. The summed E-state index contributed by atoms with van der Waals surface area (Å²) < 4.78 is 0. The number of halogens is 1. The van der Waals surface area contributed by atoms with Gasteiger partial charge in [0.25, 0.3) is 0 Å². The topological polar surface area (TPSA) is 70.5 Å². The minimum Gasteiger partial charge on any atom is -0.478 e. The molecule has 0 saturated heterocycles. The lowest BCUT2D eigenvalue weighted by molar-refractivity contribution is -0.108. The molecule has 4 aromatic rings. The van der Waals surface area contributed by atoms with Crippen molar-refractivity contribution in [1.82, 2.24) is 9.88 Å². The van der Waals surface area contributed by atoms with Crippen LogP contribution < -0.4 is 0 Å². The molecule has 2 unspecified atom stereocenters. The van der Waals surface area contributed by atoms with E-state index in [1.807, 2.05) is 44.4 Å². The molecule has 0 radical (unpaired) electrons. The Bertz CT molecular complexity index is 1440. The summed E-state index contributed by atoms with van der Waals surface area (Å²) in [6, 6.07) is 25.7. The van der Waals surface area contributed by atoms with E-state index < -0.39 is 5.97 Å². The predicted octanol–water partition coefficient (Wildman–Crippen LogP) is 7.26. The van der Waals surface area contributed by atoms with Crippen molar-refractivity contribution in [2.45, 2.75) is 42.7 Å². The van der Waals surface area contributed by atoms with E-state index in [-0.39, 0.29) is 10.6 Å². The predicted molar refractivity (Wildman–Crippen MR) is 161 cm³/mol. The average molecular weight is 561 g/mol. The van der Waals surface area contributed by atoms with Gasteiger partial charge < -0.3 is 9.90 Å². The van der Waals surface area contributed by atoms with Gasteiger partial charge in [-0.05, 0) is 80.7 Å². The lowest BCUT2D eigenvalue weighted by Crippen LogP contribution is -2.26. The second-order valence-corrected chi connectivity index (χ2v) is 11.7. The molecule has 1 aromatic heterocycles. The first-order chi connectivity index (χ1) is 18.8. The number of carbonyl (C=O) groups is 2. The van der Waals surface area contributed by atoms with Gasteiger partial charge in [-0.1, -0.05) is 66.2 Å². The number of carbonyl (C=O) groups excluding carboxylic acids is 1. The molecule has 0 bridgehead atoms. The maximum absolute atomic E-state index is 11.7. The summed E-state index contributed by atoms with van der Waals surface area (Å²) in [4.78, 5) is 30.0. The SMILES string of the molecule is CN(C)C(CC=O)SC(CCc1ccccc1C(=O)O)c1cccc(CCc2ccc3ccc(Cl)cc3n2)c1. The van der Waals surface area contributed by atoms with Crippen molar-refractivity contribution >= 4 is 46.5 Å². The van der Waals surface area contributed by atoms with Crippen LogP contribution in [-0.2, 0) is 24.1 Å². The van der Waals surface area contributed by atoms with E-state index in [0.717, 1.165) is 47.7 Å². The summed E-state index contributed by atoms with van der Waals surface area (Å²) in [7, 11) is 3.97. The molecule has 2 atom stereocenters. The first-order valence-electron chi connectivity index (χ1n) is 13.0. The van der Waals surface area contributed by atoms with E-state index in [2.05, 4.69) is 41.3 Å². The molecule has 0 fully saturated rings.